The summed E-state index contributed by atoms with van der Waals surface area (Å²) in [4.78, 5) is 0. The van der Waals surface area contributed by atoms with E-state index in [0.717, 1.165) is 25.8 Å². The summed E-state index contributed by atoms with van der Waals surface area (Å²) in [5.41, 5.74) is -0.373. The van der Waals surface area contributed by atoms with Gasteiger partial charge in [-0.2, -0.15) is 0 Å². The molecule has 1 aliphatic carbocycles. The minimum absolute atomic E-state index is 0.373. The second kappa shape index (κ2) is 4.43. The monoisotopic (exact) mass is 185 g/mol. The minimum Gasteiger partial charge on any atom is -0.389 e. The van der Waals surface area contributed by atoms with Crippen LogP contribution < -0.4 is 5.32 Å². The molecule has 0 aromatic heterocycles. The van der Waals surface area contributed by atoms with E-state index in [1.807, 2.05) is 0 Å². The van der Waals surface area contributed by atoms with Crippen molar-refractivity contribution in [2.75, 3.05) is 6.54 Å². The number of aliphatic hydroxyl groups is 1. The molecule has 0 radical (unpaired) electrons. The van der Waals surface area contributed by atoms with Crippen LogP contribution in [0.3, 0.4) is 0 Å². The molecule has 0 aliphatic heterocycles. The summed E-state index contributed by atoms with van der Waals surface area (Å²) in [6.45, 7) is 7.43. The Kier molecular flexibility index (Phi) is 3.74. The smallest absolute Gasteiger partial charge is 0.0771 e. The second-order valence-corrected chi connectivity index (χ2v) is 4.72. The molecular weight excluding hydrogens is 162 g/mol. The summed E-state index contributed by atoms with van der Waals surface area (Å²) < 4.78 is 0. The van der Waals surface area contributed by atoms with Gasteiger partial charge in [-0.25, -0.2) is 0 Å². The first-order chi connectivity index (χ1) is 6.07. The highest BCUT2D eigenvalue weighted by atomic mass is 16.3. The van der Waals surface area contributed by atoms with Crippen molar-refractivity contribution in [3.05, 3.63) is 0 Å². The summed E-state index contributed by atoms with van der Waals surface area (Å²) in [5.74, 6) is 0.661. The van der Waals surface area contributed by atoms with Crippen LogP contribution in [0.15, 0.2) is 0 Å². The molecule has 0 spiro atoms. The first-order valence-electron chi connectivity index (χ1n) is 5.53. The van der Waals surface area contributed by atoms with E-state index in [-0.39, 0.29) is 5.60 Å². The second-order valence-electron chi connectivity index (χ2n) is 4.72. The van der Waals surface area contributed by atoms with E-state index in [1.54, 1.807) is 0 Å². The Balaban J connectivity index is 2.23. The van der Waals surface area contributed by atoms with E-state index < -0.39 is 0 Å². The summed E-state index contributed by atoms with van der Waals surface area (Å²) in [6.07, 6.45) is 4.30. The number of hydrogen-bond acceptors (Lipinski definition) is 2. The van der Waals surface area contributed by atoms with Crippen molar-refractivity contribution in [2.24, 2.45) is 5.92 Å². The Labute approximate surface area is 81.7 Å². The lowest BCUT2D eigenvalue weighted by molar-refractivity contribution is -0.0342. The minimum atomic E-state index is -0.373. The van der Waals surface area contributed by atoms with Crippen molar-refractivity contribution >= 4 is 0 Å². The molecule has 2 N–H and O–H groups in total. The van der Waals surface area contributed by atoms with Gasteiger partial charge >= 0.3 is 0 Å². The number of rotatable bonds is 5. The highest BCUT2D eigenvalue weighted by Crippen LogP contribution is 2.30. The molecule has 1 aliphatic rings. The van der Waals surface area contributed by atoms with Crippen molar-refractivity contribution < 1.29 is 5.11 Å². The predicted molar refractivity (Wildman–Crippen MR) is 55.7 cm³/mol. The van der Waals surface area contributed by atoms with Crippen LogP contribution in [0.25, 0.3) is 0 Å². The number of hydrogen-bond donors (Lipinski definition) is 2. The molecule has 78 valence electrons. The molecule has 1 saturated carbocycles. The Bertz CT molecular complexity index is 152. The van der Waals surface area contributed by atoms with Gasteiger partial charge in [0.2, 0.25) is 0 Å². The molecule has 2 heteroatoms. The van der Waals surface area contributed by atoms with Gasteiger partial charge in [-0.3, -0.25) is 0 Å². The fourth-order valence-corrected chi connectivity index (χ4v) is 1.93. The molecule has 1 unspecified atom stereocenters. The summed E-state index contributed by atoms with van der Waals surface area (Å²) in [5, 5.41) is 13.3. The van der Waals surface area contributed by atoms with Crippen molar-refractivity contribution in [3.8, 4) is 0 Å². The zero-order valence-corrected chi connectivity index (χ0v) is 9.14. The van der Waals surface area contributed by atoms with Crippen molar-refractivity contribution in [1.82, 2.24) is 5.32 Å². The Morgan fingerprint density at radius 2 is 2.00 bits per heavy atom. The van der Waals surface area contributed by atoms with Crippen LogP contribution in [-0.2, 0) is 0 Å². The lowest BCUT2D eigenvalue weighted by Gasteiger charge is -2.38. The van der Waals surface area contributed by atoms with Crippen LogP contribution >= 0.6 is 0 Å². The Hall–Kier alpha value is -0.0800. The lowest BCUT2D eigenvalue weighted by atomic mass is 9.80. The van der Waals surface area contributed by atoms with Crippen molar-refractivity contribution in [1.29, 1.82) is 0 Å². The topological polar surface area (TPSA) is 32.3 Å². The Morgan fingerprint density at radius 1 is 1.38 bits per heavy atom. The third-order valence-electron chi connectivity index (χ3n) is 3.22. The van der Waals surface area contributed by atoms with Gasteiger partial charge in [0.25, 0.3) is 0 Å². The molecule has 0 aromatic rings. The molecule has 1 rings (SSSR count). The van der Waals surface area contributed by atoms with E-state index in [9.17, 15) is 5.11 Å². The fourth-order valence-electron chi connectivity index (χ4n) is 1.93. The van der Waals surface area contributed by atoms with Crippen LogP contribution in [-0.4, -0.2) is 23.3 Å². The van der Waals surface area contributed by atoms with Crippen molar-refractivity contribution in [3.63, 3.8) is 0 Å². The van der Waals surface area contributed by atoms with Gasteiger partial charge in [0.1, 0.15) is 0 Å². The van der Waals surface area contributed by atoms with E-state index in [4.69, 9.17) is 0 Å². The van der Waals surface area contributed by atoms with Crippen LogP contribution in [0.5, 0.6) is 0 Å². The van der Waals surface area contributed by atoms with Gasteiger partial charge in [-0.15, -0.1) is 0 Å². The molecule has 0 bridgehead atoms. The van der Waals surface area contributed by atoms with Gasteiger partial charge in [-0.1, -0.05) is 20.8 Å². The summed E-state index contributed by atoms with van der Waals surface area (Å²) in [7, 11) is 0. The average Bonchev–Trinajstić information content (AvgIpc) is 2.02. The molecule has 13 heavy (non-hydrogen) atoms. The molecule has 1 fully saturated rings. The van der Waals surface area contributed by atoms with E-state index in [2.05, 4.69) is 26.1 Å². The SMILES string of the molecule is CCC(NCC1(O)CCC1)C(C)C. The lowest BCUT2D eigenvalue weighted by Crippen LogP contribution is -2.49. The largest absolute Gasteiger partial charge is 0.389 e. The van der Waals surface area contributed by atoms with E-state index >= 15 is 0 Å². The zero-order valence-electron chi connectivity index (χ0n) is 9.14. The zero-order chi connectivity index (χ0) is 9.90. The number of nitrogens with one attached hydrogen (secondary N) is 1. The molecule has 0 heterocycles. The molecule has 0 saturated heterocycles. The van der Waals surface area contributed by atoms with Gasteiger partial charge in [0.05, 0.1) is 5.60 Å². The van der Waals surface area contributed by atoms with E-state index in [1.165, 1.54) is 6.42 Å². The summed E-state index contributed by atoms with van der Waals surface area (Å²) in [6, 6.07) is 0.560. The maximum absolute atomic E-state index is 9.87. The van der Waals surface area contributed by atoms with Crippen molar-refractivity contribution in [2.45, 2.75) is 58.1 Å². The van der Waals surface area contributed by atoms with Gasteiger partial charge in [0, 0.05) is 12.6 Å². The fraction of sp³-hybridized carbons (Fsp3) is 1.00. The third-order valence-corrected chi connectivity index (χ3v) is 3.22. The van der Waals surface area contributed by atoms with Crippen LogP contribution in [0, 0.1) is 5.92 Å². The molecule has 0 aromatic carbocycles. The molecule has 2 nitrogen and oxygen atoms in total. The first kappa shape index (κ1) is 11.0. The average molecular weight is 185 g/mol. The maximum atomic E-state index is 9.87. The summed E-state index contributed by atoms with van der Waals surface area (Å²) >= 11 is 0. The van der Waals surface area contributed by atoms with Gasteiger partial charge in [0.15, 0.2) is 0 Å². The Morgan fingerprint density at radius 3 is 2.31 bits per heavy atom. The standard InChI is InChI=1S/C11H23NO/c1-4-10(9(2)3)12-8-11(13)6-5-7-11/h9-10,12-13H,4-8H2,1-3H3. The highest BCUT2D eigenvalue weighted by Gasteiger charge is 2.34. The third kappa shape index (κ3) is 2.96. The van der Waals surface area contributed by atoms with Crippen LogP contribution in [0.4, 0.5) is 0 Å². The predicted octanol–water partition coefficient (Wildman–Crippen LogP) is 1.93. The van der Waals surface area contributed by atoms with E-state index in [0.29, 0.717) is 12.0 Å². The molecular formula is C11H23NO. The first-order valence-corrected chi connectivity index (χ1v) is 5.53. The maximum Gasteiger partial charge on any atom is 0.0771 e. The van der Waals surface area contributed by atoms with Crippen LogP contribution in [0.1, 0.15) is 46.5 Å². The van der Waals surface area contributed by atoms with Gasteiger partial charge in [-0.05, 0) is 31.6 Å². The van der Waals surface area contributed by atoms with Crippen LogP contribution in [0.2, 0.25) is 0 Å². The van der Waals surface area contributed by atoms with Gasteiger partial charge < -0.3 is 10.4 Å². The molecule has 0 amide bonds. The quantitative estimate of drug-likeness (QED) is 0.686. The highest BCUT2D eigenvalue weighted by molar-refractivity contribution is 4.90. The normalized spacial score (nSPS) is 22.8. The molecule has 1 atom stereocenters.